The molecule has 0 aliphatic heterocycles. The van der Waals surface area contributed by atoms with Gasteiger partial charge in [-0.3, -0.25) is 0 Å². The summed E-state index contributed by atoms with van der Waals surface area (Å²) >= 11 is 0. The Morgan fingerprint density at radius 2 is 1.16 bits per heavy atom. The highest BCUT2D eigenvalue weighted by molar-refractivity contribution is 6.26. The quantitative estimate of drug-likeness (QED) is 0.206. The van der Waals surface area contributed by atoms with Gasteiger partial charge < -0.3 is 13.6 Å². The first-order chi connectivity index (χ1) is 22.3. The fraction of sp³-hybridized carbons (Fsp3) is 0. The number of nitrogens with zero attached hydrogens (tertiary/aromatic N) is 2. The monoisotopic (exact) mass is 574 g/mol. The third-order valence-electron chi connectivity index (χ3n) is 9.32. The van der Waals surface area contributed by atoms with E-state index in [0.29, 0.717) is 0 Å². The molecule has 0 aliphatic rings. The van der Waals surface area contributed by atoms with E-state index in [1.165, 1.54) is 43.7 Å². The Morgan fingerprint density at radius 1 is 0.467 bits per heavy atom. The van der Waals surface area contributed by atoms with Crippen LogP contribution in [0, 0.1) is 0 Å². The number of furan rings is 1. The molecular weight excluding hydrogens is 548 g/mol. The summed E-state index contributed by atoms with van der Waals surface area (Å²) in [5, 5.41) is 8.26. The van der Waals surface area contributed by atoms with E-state index in [1.54, 1.807) is 0 Å². The molecule has 7 aromatic carbocycles. The van der Waals surface area contributed by atoms with E-state index in [-0.39, 0.29) is 0 Å². The van der Waals surface area contributed by atoms with Gasteiger partial charge in [-0.1, -0.05) is 84.9 Å². The summed E-state index contributed by atoms with van der Waals surface area (Å²) in [6, 6.07) is 54.3. The number of hydrogen-bond acceptors (Lipinski definition) is 1. The number of aromatic nitrogens is 2. The van der Waals surface area contributed by atoms with E-state index in [9.17, 15) is 0 Å². The van der Waals surface area contributed by atoms with Crippen LogP contribution in [0.25, 0.3) is 87.9 Å². The zero-order valence-corrected chi connectivity index (χ0v) is 24.3. The Morgan fingerprint density at radius 3 is 2.00 bits per heavy atom. The molecule has 3 nitrogen and oxygen atoms in total. The predicted octanol–water partition coefficient (Wildman–Crippen LogP) is 11.4. The SMILES string of the molecule is c1ccc(-n2ccc3cc(-c4ccc5c(c4)c4ccccc4n5-c4ccccc4)c4ccc5c6ccccc6oc5c4c32)cc1. The second-order valence-electron chi connectivity index (χ2n) is 11.8. The molecule has 0 radical (unpaired) electrons. The van der Waals surface area contributed by atoms with E-state index in [4.69, 9.17) is 4.42 Å². The summed E-state index contributed by atoms with van der Waals surface area (Å²) in [7, 11) is 0. The summed E-state index contributed by atoms with van der Waals surface area (Å²) in [5.74, 6) is 0. The van der Waals surface area contributed by atoms with Gasteiger partial charge in [-0.15, -0.1) is 0 Å². The molecule has 210 valence electrons. The van der Waals surface area contributed by atoms with E-state index in [2.05, 4.69) is 161 Å². The molecule has 0 fully saturated rings. The minimum Gasteiger partial charge on any atom is -0.455 e. The fourth-order valence-electron chi connectivity index (χ4n) is 7.35. The Balaban J connectivity index is 1.32. The van der Waals surface area contributed by atoms with Gasteiger partial charge in [0.15, 0.2) is 0 Å². The Labute approximate surface area is 258 Å². The highest BCUT2D eigenvalue weighted by atomic mass is 16.3. The summed E-state index contributed by atoms with van der Waals surface area (Å²) in [4.78, 5) is 0. The van der Waals surface area contributed by atoms with Crippen LogP contribution in [0.2, 0.25) is 0 Å². The molecule has 3 heteroatoms. The molecule has 3 heterocycles. The maximum atomic E-state index is 6.69. The first kappa shape index (κ1) is 24.4. The Hall–Kier alpha value is -6.06. The van der Waals surface area contributed by atoms with Crippen LogP contribution in [-0.4, -0.2) is 9.13 Å². The first-order valence-corrected chi connectivity index (χ1v) is 15.4. The standard InChI is InChI=1S/C42H26N2O/c1-3-11-29(12-4-1)43-24-23-28-26-35(33-20-21-34-32-16-8-10-18-39(32)45-42(34)40(33)41(28)43)27-19-22-38-36(25-27)31-15-7-9-17-37(31)44(38)30-13-5-2-6-14-30/h1-26H. The lowest BCUT2D eigenvalue weighted by Gasteiger charge is -2.13. The maximum absolute atomic E-state index is 6.69. The van der Waals surface area contributed by atoms with Crippen molar-refractivity contribution in [3.05, 3.63) is 158 Å². The van der Waals surface area contributed by atoms with Crippen LogP contribution in [-0.2, 0) is 0 Å². The van der Waals surface area contributed by atoms with Crippen LogP contribution in [0.15, 0.2) is 162 Å². The van der Waals surface area contributed by atoms with Gasteiger partial charge in [-0.05, 0) is 83.2 Å². The summed E-state index contributed by atoms with van der Waals surface area (Å²) in [5.41, 5.74) is 10.1. The second-order valence-corrected chi connectivity index (χ2v) is 11.8. The fourth-order valence-corrected chi connectivity index (χ4v) is 7.35. The zero-order valence-electron chi connectivity index (χ0n) is 24.3. The minimum atomic E-state index is 0.909. The summed E-state index contributed by atoms with van der Waals surface area (Å²) in [6.45, 7) is 0. The topological polar surface area (TPSA) is 23.0 Å². The molecular formula is C42H26N2O. The highest BCUT2D eigenvalue weighted by Gasteiger charge is 2.20. The molecule has 0 unspecified atom stereocenters. The van der Waals surface area contributed by atoms with Crippen LogP contribution in [0.4, 0.5) is 0 Å². The average molecular weight is 575 g/mol. The van der Waals surface area contributed by atoms with Gasteiger partial charge in [0.25, 0.3) is 0 Å². The van der Waals surface area contributed by atoms with Crippen molar-refractivity contribution in [2.45, 2.75) is 0 Å². The molecule has 0 bridgehead atoms. The predicted molar refractivity (Wildman–Crippen MR) is 188 cm³/mol. The molecule has 3 aromatic heterocycles. The third kappa shape index (κ3) is 3.46. The van der Waals surface area contributed by atoms with Crippen LogP contribution in [0.3, 0.4) is 0 Å². The molecule has 10 rings (SSSR count). The lowest BCUT2D eigenvalue weighted by molar-refractivity contribution is 0.673. The van der Waals surface area contributed by atoms with Gasteiger partial charge in [0, 0.05) is 44.5 Å². The van der Waals surface area contributed by atoms with Crippen LogP contribution >= 0.6 is 0 Å². The lowest BCUT2D eigenvalue weighted by atomic mass is 9.93. The Kier molecular flexibility index (Phi) is 5.00. The number of para-hydroxylation sites is 4. The maximum Gasteiger partial charge on any atom is 0.145 e. The third-order valence-corrected chi connectivity index (χ3v) is 9.32. The van der Waals surface area contributed by atoms with Crippen LogP contribution in [0.5, 0.6) is 0 Å². The van der Waals surface area contributed by atoms with E-state index in [1.807, 2.05) is 6.07 Å². The Bertz CT molecular complexity index is 2740. The van der Waals surface area contributed by atoms with Crippen molar-refractivity contribution >= 4 is 65.4 Å². The zero-order chi connectivity index (χ0) is 29.5. The van der Waals surface area contributed by atoms with Gasteiger partial charge in [0.2, 0.25) is 0 Å². The van der Waals surface area contributed by atoms with Crippen molar-refractivity contribution in [3.63, 3.8) is 0 Å². The number of rotatable bonds is 3. The minimum absolute atomic E-state index is 0.909. The number of hydrogen-bond donors (Lipinski definition) is 0. The van der Waals surface area contributed by atoms with Gasteiger partial charge in [-0.25, -0.2) is 0 Å². The second kappa shape index (κ2) is 9.22. The van der Waals surface area contributed by atoms with E-state index >= 15 is 0 Å². The molecule has 45 heavy (non-hydrogen) atoms. The van der Waals surface area contributed by atoms with Gasteiger partial charge in [0.1, 0.15) is 11.2 Å². The summed E-state index contributed by atoms with van der Waals surface area (Å²) < 4.78 is 11.4. The molecule has 0 aliphatic carbocycles. The van der Waals surface area contributed by atoms with Crippen molar-refractivity contribution < 1.29 is 4.42 Å². The molecule has 0 atom stereocenters. The summed E-state index contributed by atoms with van der Waals surface area (Å²) in [6.07, 6.45) is 2.18. The normalized spacial score (nSPS) is 12.0. The van der Waals surface area contributed by atoms with E-state index < -0.39 is 0 Å². The molecule has 0 saturated carbocycles. The van der Waals surface area contributed by atoms with Crippen molar-refractivity contribution in [1.29, 1.82) is 0 Å². The smallest absolute Gasteiger partial charge is 0.145 e. The first-order valence-electron chi connectivity index (χ1n) is 15.4. The lowest BCUT2D eigenvalue weighted by Crippen LogP contribution is -1.94. The van der Waals surface area contributed by atoms with Crippen molar-refractivity contribution in [1.82, 2.24) is 9.13 Å². The van der Waals surface area contributed by atoms with Crippen LogP contribution in [0.1, 0.15) is 0 Å². The number of fused-ring (bicyclic) bond motifs is 10. The molecule has 0 spiro atoms. The van der Waals surface area contributed by atoms with Gasteiger partial charge in [-0.2, -0.15) is 0 Å². The molecule has 10 aromatic rings. The average Bonchev–Trinajstić information content (AvgIpc) is 3.80. The van der Waals surface area contributed by atoms with Gasteiger partial charge in [0.05, 0.1) is 21.9 Å². The van der Waals surface area contributed by atoms with Crippen molar-refractivity contribution in [2.75, 3.05) is 0 Å². The largest absolute Gasteiger partial charge is 0.455 e. The van der Waals surface area contributed by atoms with Crippen LogP contribution < -0.4 is 0 Å². The van der Waals surface area contributed by atoms with E-state index in [0.717, 1.165) is 44.2 Å². The van der Waals surface area contributed by atoms with Gasteiger partial charge >= 0.3 is 0 Å². The van der Waals surface area contributed by atoms with Crippen molar-refractivity contribution in [3.8, 4) is 22.5 Å². The van der Waals surface area contributed by atoms with Crippen molar-refractivity contribution in [2.24, 2.45) is 0 Å². The molecule has 0 N–H and O–H groups in total. The molecule has 0 amide bonds. The highest BCUT2D eigenvalue weighted by Crippen LogP contribution is 2.44. The molecule has 0 saturated heterocycles. The number of benzene rings is 7.